The summed E-state index contributed by atoms with van der Waals surface area (Å²) in [6.07, 6.45) is 0.464. The molecule has 0 aromatic heterocycles. The number of hydrogen-bond acceptors (Lipinski definition) is 5. The normalized spacial score (nSPS) is 21.4. The standard InChI is InChI=1S/C22H38N4O3.HI/c1-16(29-20-11-9-8-10-19(20)27-7)12-24-21(23-6)25-15-22(4,5)26-13-17(2)28-18(3)14-26;/h8-11,16-18H,12-15H2,1-7H3,(H2,23,24,25);1H. The number of aliphatic imine (C=N–C) groups is 1. The van der Waals surface area contributed by atoms with Crippen LogP contribution >= 0.6 is 24.0 Å². The van der Waals surface area contributed by atoms with Crippen LogP contribution in [-0.2, 0) is 4.74 Å². The molecule has 8 heteroatoms. The predicted molar refractivity (Wildman–Crippen MR) is 134 cm³/mol. The van der Waals surface area contributed by atoms with Crippen LogP contribution in [0, 0.1) is 0 Å². The zero-order chi connectivity index (χ0) is 21.4. The molecule has 1 aromatic carbocycles. The molecule has 1 aliphatic heterocycles. The van der Waals surface area contributed by atoms with Gasteiger partial charge < -0.3 is 24.8 Å². The minimum absolute atomic E-state index is 0. The largest absolute Gasteiger partial charge is 0.493 e. The van der Waals surface area contributed by atoms with E-state index >= 15 is 0 Å². The molecule has 1 aromatic rings. The maximum Gasteiger partial charge on any atom is 0.191 e. The van der Waals surface area contributed by atoms with Crippen LogP contribution in [0.1, 0.15) is 34.6 Å². The molecule has 30 heavy (non-hydrogen) atoms. The molecule has 0 bridgehead atoms. The number of rotatable bonds is 8. The van der Waals surface area contributed by atoms with Gasteiger partial charge in [0.1, 0.15) is 6.10 Å². The van der Waals surface area contributed by atoms with Gasteiger partial charge in [-0.25, -0.2) is 0 Å². The topological polar surface area (TPSA) is 67.4 Å². The molecular formula is C22H39IN4O3. The number of nitrogens with zero attached hydrogens (tertiary/aromatic N) is 2. The fourth-order valence-electron chi connectivity index (χ4n) is 3.52. The van der Waals surface area contributed by atoms with E-state index in [9.17, 15) is 0 Å². The number of hydrogen-bond donors (Lipinski definition) is 2. The van der Waals surface area contributed by atoms with Crippen LogP contribution in [0.5, 0.6) is 11.5 Å². The third kappa shape index (κ3) is 8.11. The zero-order valence-electron chi connectivity index (χ0n) is 19.4. The SMILES string of the molecule is CN=C(NCC(C)Oc1ccccc1OC)NCC(C)(C)N1CC(C)OC(C)C1.I. The summed E-state index contributed by atoms with van der Waals surface area (Å²) in [5, 5.41) is 6.80. The van der Waals surface area contributed by atoms with E-state index in [0.29, 0.717) is 6.54 Å². The van der Waals surface area contributed by atoms with E-state index in [1.165, 1.54) is 0 Å². The number of ether oxygens (including phenoxy) is 3. The van der Waals surface area contributed by atoms with Gasteiger partial charge in [-0.05, 0) is 46.8 Å². The quantitative estimate of drug-likeness (QED) is 0.304. The first-order valence-corrected chi connectivity index (χ1v) is 10.4. The van der Waals surface area contributed by atoms with Crippen LogP contribution in [0.4, 0.5) is 0 Å². The van der Waals surface area contributed by atoms with Crippen molar-refractivity contribution in [2.75, 3.05) is 40.3 Å². The summed E-state index contributed by atoms with van der Waals surface area (Å²) < 4.78 is 17.2. The van der Waals surface area contributed by atoms with Crippen LogP contribution < -0.4 is 20.1 Å². The highest BCUT2D eigenvalue weighted by Gasteiger charge is 2.33. The van der Waals surface area contributed by atoms with Crippen molar-refractivity contribution in [2.24, 2.45) is 4.99 Å². The number of nitrogens with one attached hydrogen (secondary N) is 2. The zero-order valence-corrected chi connectivity index (χ0v) is 21.7. The summed E-state index contributed by atoms with van der Waals surface area (Å²) in [5.41, 5.74) is -0.0105. The lowest BCUT2D eigenvalue weighted by Gasteiger charge is -2.45. The molecule has 172 valence electrons. The van der Waals surface area contributed by atoms with Gasteiger partial charge in [0.15, 0.2) is 17.5 Å². The van der Waals surface area contributed by atoms with Gasteiger partial charge in [-0.1, -0.05) is 12.1 Å². The van der Waals surface area contributed by atoms with Gasteiger partial charge in [0.25, 0.3) is 0 Å². The Morgan fingerprint density at radius 2 is 1.80 bits per heavy atom. The maximum atomic E-state index is 6.00. The molecule has 0 aliphatic carbocycles. The minimum Gasteiger partial charge on any atom is -0.493 e. The lowest BCUT2D eigenvalue weighted by molar-refractivity contribution is -0.0946. The lowest BCUT2D eigenvalue weighted by atomic mass is 10.00. The van der Waals surface area contributed by atoms with Crippen molar-refractivity contribution in [3.63, 3.8) is 0 Å². The molecule has 0 radical (unpaired) electrons. The van der Waals surface area contributed by atoms with E-state index in [4.69, 9.17) is 14.2 Å². The van der Waals surface area contributed by atoms with Gasteiger partial charge in [0.05, 0.1) is 25.9 Å². The summed E-state index contributed by atoms with van der Waals surface area (Å²) in [6.45, 7) is 14.1. The summed E-state index contributed by atoms with van der Waals surface area (Å²) in [5.74, 6) is 2.24. The van der Waals surface area contributed by atoms with Gasteiger partial charge in [-0.15, -0.1) is 24.0 Å². The number of halogens is 1. The van der Waals surface area contributed by atoms with Crippen molar-refractivity contribution in [3.8, 4) is 11.5 Å². The lowest BCUT2D eigenvalue weighted by Crippen LogP contribution is -2.59. The van der Waals surface area contributed by atoms with Crippen molar-refractivity contribution in [1.29, 1.82) is 0 Å². The molecule has 3 atom stereocenters. The second-order valence-corrected chi connectivity index (χ2v) is 8.36. The van der Waals surface area contributed by atoms with E-state index < -0.39 is 0 Å². The van der Waals surface area contributed by atoms with Crippen molar-refractivity contribution >= 4 is 29.9 Å². The van der Waals surface area contributed by atoms with Crippen LogP contribution in [0.25, 0.3) is 0 Å². The molecule has 2 rings (SSSR count). The Morgan fingerprint density at radius 1 is 1.20 bits per heavy atom. The Labute approximate surface area is 199 Å². The maximum absolute atomic E-state index is 6.00. The Bertz CT molecular complexity index is 662. The fraction of sp³-hybridized carbons (Fsp3) is 0.682. The monoisotopic (exact) mass is 534 g/mol. The number of benzene rings is 1. The first kappa shape index (κ1) is 26.8. The third-order valence-corrected chi connectivity index (χ3v) is 5.14. The second-order valence-electron chi connectivity index (χ2n) is 8.36. The molecular weight excluding hydrogens is 495 g/mol. The molecule has 7 nitrogen and oxygen atoms in total. The van der Waals surface area contributed by atoms with E-state index in [2.05, 4.69) is 48.2 Å². The van der Waals surface area contributed by atoms with Crippen LogP contribution in [0.2, 0.25) is 0 Å². The summed E-state index contributed by atoms with van der Waals surface area (Å²) >= 11 is 0. The molecule has 0 spiro atoms. The van der Waals surface area contributed by atoms with Gasteiger partial charge >= 0.3 is 0 Å². The van der Waals surface area contributed by atoms with Crippen LogP contribution in [0.3, 0.4) is 0 Å². The number of methoxy groups -OCH3 is 1. The van der Waals surface area contributed by atoms with Crippen molar-refractivity contribution in [1.82, 2.24) is 15.5 Å². The van der Waals surface area contributed by atoms with Gasteiger partial charge in [-0.2, -0.15) is 0 Å². The van der Waals surface area contributed by atoms with Crippen LogP contribution in [-0.4, -0.2) is 75.0 Å². The molecule has 0 saturated carbocycles. The van der Waals surface area contributed by atoms with E-state index in [1.54, 1.807) is 14.2 Å². The highest BCUT2D eigenvalue weighted by atomic mass is 127. The summed E-state index contributed by atoms with van der Waals surface area (Å²) in [7, 11) is 3.43. The van der Waals surface area contributed by atoms with E-state index in [0.717, 1.165) is 37.1 Å². The first-order valence-electron chi connectivity index (χ1n) is 10.4. The van der Waals surface area contributed by atoms with Crippen molar-refractivity contribution < 1.29 is 14.2 Å². The summed E-state index contributed by atoms with van der Waals surface area (Å²) in [6, 6.07) is 7.67. The predicted octanol–water partition coefficient (Wildman–Crippen LogP) is 3.13. The minimum atomic E-state index is -0.0428. The molecule has 1 heterocycles. The highest BCUT2D eigenvalue weighted by molar-refractivity contribution is 14.0. The average molecular weight is 534 g/mol. The Morgan fingerprint density at radius 3 is 2.37 bits per heavy atom. The Hall–Kier alpha value is -1.26. The Kier molecular flexibility index (Phi) is 11.2. The van der Waals surface area contributed by atoms with Crippen LogP contribution in [0.15, 0.2) is 29.3 Å². The average Bonchev–Trinajstić information content (AvgIpc) is 2.67. The number of para-hydroxylation sites is 2. The highest BCUT2D eigenvalue weighted by Crippen LogP contribution is 2.26. The third-order valence-electron chi connectivity index (χ3n) is 5.14. The van der Waals surface area contributed by atoms with Gasteiger partial charge in [-0.3, -0.25) is 9.89 Å². The molecule has 1 aliphatic rings. The number of guanidine groups is 1. The smallest absolute Gasteiger partial charge is 0.191 e. The molecule has 1 fully saturated rings. The summed E-state index contributed by atoms with van der Waals surface area (Å²) in [4.78, 5) is 6.84. The van der Waals surface area contributed by atoms with Gasteiger partial charge in [0.2, 0.25) is 0 Å². The van der Waals surface area contributed by atoms with Gasteiger partial charge in [0, 0.05) is 32.2 Å². The first-order chi connectivity index (χ1) is 13.7. The molecule has 1 saturated heterocycles. The molecule has 0 amide bonds. The van der Waals surface area contributed by atoms with Crippen molar-refractivity contribution in [3.05, 3.63) is 24.3 Å². The molecule has 3 unspecified atom stereocenters. The van der Waals surface area contributed by atoms with Crippen molar-refractivity contribution in [2.45, 2.75) is 58.5 Å². The molecule has 2 N–H and O–H groups in total. The second kappa shape index (κ2) is 12.6. The fourth-order valence-corrected chi connectivity index (χ4v) is 3.52. The van der Waals surface area contributed by atoms with E-state index in [1.807, 2.05) is 31.2 Å². The number of morpholine rings is 1. The Balaban J connectivity index is 0.00000450. The van der Waals surface area contributed by atoms with E-state index in [-0.39, 0.29) is 47.8 Å².